The number of fused-ring (bicyclic) bond motifs is 1. The minimum atomic E-state index is -0.664. The number of aromatic nitrogens is 6. The van der Waals surface area contributed by atoms with Crippen molar-refractivity contribution >= 4 is 39.9 Å². The molecule has 3 aromatic heterocycles. The van der Waals surface area contributed by atoms with Crippen LogP contribution < -0.4 is 10.3 Å². The van der Waals surface area contributed by atoms with Crippen LogP contribution in [0.2, 0.25) is 10.2 Å². The van der Waals surface area contributed by atoms with Crippen LogP contribution in [0, 0.1) is 0 Å². The Kier molecular flexibility index (Phi) is 7.05. The zero-order valence-corrected chi connectivity index (χ0v) is 22.4. The van der Waals surface area contributed by atoms with E-state index >= 15 is 0 Å². The first-order valence-electron chi connectivity index (χ1n) is 11.9. The number of hydrogen-bond donors (Lipinski definition) is 0. The van der Waals surface area contributed by atoms with Gasteiger partial charge in [-0.15, -0.1) is 5.10 Å². The average Bonchev–Trinajstić information content (AvgIpc) is 3.49. The van der Waals surface area contributed by atoms with Gasteiger partial charge in [0, 0.05) is 47.3 Å². The Morgan fingerprint density at radius 3 is 2.58 bits per heavy atom. The SMILES string of the molecule is CCC(C(=O)Cc1ccc2nn(C)cc2c1)n1cc(OC)c(-c2cc(Cl)ccc2-n2cc(Cl)nn2)cc1=O. The molecule has 0 aliphatic carbocycles. The second-order valence-corrected chi connectivity index (χ2v) is 9.74. The molecule has 38 heavy (non-hydrogen) atoms. The van der Waals surface area contributed by atoms with Crippen molar-refractivity contribution in [3.63, 3.8) is 0 Å². The van der Waals surface area contributed by atoms with Gasteiger partial charge in [0.05, 0.1) is 36.7 Å². The summed E-state index contributed by atoms with van der Waals surface area (Å²) >= 11 is 12.3. The van der Waals surface area contributed by atoms with Crippen molar-refractivity contribution in [1.82, 2.24) is 29.3 Å². The van der Waals surface area contributed by atoms with E-state index in [2.05, 4.69) is 15.4 Å². The summed E-state index contributed by atoms with van der Waals surface area (Å²) < 4.78 is 10.3. The number of hydrogen-bond acceptors (Lipinski definition) is 6. The van der Waals surface area contributed by atoms with Gasteiger partial charge in [-0.1, -0.05) is 41.4 Å². The van der Waals surface area contributed by atoms with E-state index in [1.54, 1.807) is 35.3 Å². The lowest BCUT2D eigenvalue weighted by Gasteiger charge is -2.20. The van der Waals surface area contributed by atoms with Gasteiger partial charge in [-0.3, -0.25) is 14.3 Å². The lowest BCUT2D eigenvalue weighted by Crippen LogP contribution is -2.30. The van der Waals surface area contributed by atoms with E-state index in [4.69, 9.17) is 27.9 Å². The van der Waals surface area contributed by atoms with E-state index in [0.29, 0.717) is 34.0 Å². The number of benzene rings is 2. The monoisotopic (exact) mass is 550 g/mol. The molecule has 194 valence electrons. The number of ether oxygens (including phenoxy) is 1. The first kappa shape index (κ1) is 25.7. The molecule has 0 spiro atoms. The number of pyridine rings is 1. The number of Topliss-reactive ketones (excluding diaryl/α,β-unsaturated/α-hetero) is 1. The van der Waals surface area contributed by atoms with Crippen molar-refractivity contribution in [2.45, 2.75) is 25.8 Å². The van der Waals surface area contributed by atoms with Crippen molar-refractivity contribution in [3.8, 4) is 22.6 Å². The van der Waals surface area contributed by atoms with Gasteiger partial charge < -0.3 is 9.30 Å². The fourth-order valence-electron chi connectivity index (χ4n) is 4.64. The topological polar surface area (TPSA) is 96.8 Å². The molecule has 0 saturated heterocycles. The van der Waals surface area contributed by atoms with Crippen LogP contribution in [0.4, 0.5) is 0 Å². The molecule has 0 amide bonds. The molecule has 9 nitrogen and oxygen atoms in total. The second-order valence-electron chi connectivity index (χ2n) is 8.91. The van der Waals surface area contributed by atoms with Gasteiger partial charge in [0.2, 0.25) is 0 Å². The van der Waals surface area contributed by atoms with Crippen LogP contribution in [0.5, 0.6) is 5.75 Å². The number of ketones is 1. The minimum Gasteiger partial charge on any atom is -0.495 e. The maximum atomic E-state index is 13.4. The van der Waals surface area contributed by atoms with Gasteiger partial charge in [0.1, 0.15) is 5.75 Å². The van der Waals surface area contributed by atoms with E-state index < -0.39 is 6.04 Å². The quantitative estimate of drug-likeness (QED) is 0.268. The van der Waals surface area contributed by atoms with Crippen LogP contribution in [0.1, 0.15) is 24.9 Å². The molecule has 0 saturated carbocycles. The molecule has 3 heterocycles. The molecule has 1 unspecified atom stereocenters. The van der Waals surface area contributed by atoms with Gasteiger partial charge in [-0.25, -0.2) is 4.68 Å². The van der Waals surface area contributed by atoms with Crippen LogP contribution >= 0.6 is 23.2 Å². The third-order valence-electron chi connectivity index (χ3n) is 6.38. The van der Waals surface area contributed by atoms with Crippen molar-refractivity contribution < 1.29 is 9.53 Å². The highest BCUT2D eigenvalue weighted by molar-refractivity contribution is 6.31. The fourth-order valence-corrected chi connectivity index (χ4v) is 4.94. The molecular weight excluding hydrogens is 527 g/mol. The molecule has 0 aliphatic heterocycles. The number of rotatable bonds is 8. The summed E-state index contributed by atoms with van der Waals surface area (Å²) in [6.07, 6.45) is 5.66. The molecule has 2 aromatic carbocycles. The third kappa shape index (κ3) is 4.94. The Hall–Kier alpha value is -3.95. The zero-order chi connectivity index (χ0) is 27.0. The molecule has 0 fully saturated rings. The third-order valence-corrected chi connectivity index (χ3v) is 6.79. The second kappa shape index (κ2) is 10.4. The van der Waals surface area contributed by atoms with Gasteiger partial charge in [0.25, 0.3) is 5.56 Å². The number of nitrogens with zero attached hydrogens (tertiary/aromatic N) is 6. The van der Waals surface area contributed by atoms with Gasteiger partial charge in [-0.05, 0) is 42.3 Å². The van der Waals surface area contributed by atoms with Gasteiger partial charge >= 0.3 is 0 Å². The van der Waals surface area contributed by atoms with Crippen molar-refractivity contribution in [3.05, 3.63) is 87.1 Å². The predicted octanol–water partition coefficient (Wildman–Crippen LogP) is 5.06. The highest BCUT2D eigenvalue weighted by Gasteiger charge is 2.23. The number of aryl methyl sites for hydroxylation is 1. The molecule has 5 aromatic rings. The van der Waals surface area contributed by atoms with Crippen LogP contribution in [-0.2, 0) is 18.3 Å². The van der Waals surface area contributed by atoms with E-state index in [9.17, 15) is 9.59 Å². The van der Waals surface area contributed by atoms with E-state index in [1.165, 1.54) is 22.4 Å². The highest BCUT2D eigenvalue weighted by Crippen LogP contribution is 2.35. The summed E-state index contributed by atoms with van der Waals surface area (Å²) in [5.74, 6) is 0.329. The average molecular weight is 551 g/mol. The Bertz CT molecular complexity index is 1720. The van der Waals surface area contributed by atoms with Crippen LogP contribution in [0.15, 0.2) is 65.8 Å². The lowest BCUT2D eigenvalue weighted by atomic mass is 9.99. The van der Waals surface area contributed by atoms with E-state index in [1.807, 2.05) is 38.4 Å². The summed E-state index contributed by atoms with van der Waals surface area (Å²) in [5.41, 5.74) is 3.09. The summed E-state index contributed by atoms with van der Waals surface area (Å²) in [6.45, 7) is 1.88. The van der Waals surface area contributed by atoms with E-state index in [0.717, 1.165) is 16.5 Å². The maximum absolute atomic E-state index is 13.4. The van der Waals surface area contributed by atoms with E-state index in [-0.39, 0.29) is 22.9 Å². The van der Waals surface area contributed by atoms with Crippen molar-refractivity contribution in [2.75, 3.05) is 7.11 Å². The van der Waals surface area contributed by atoms with Crippen molar-refractivity contribution in [2.24, 2.45) is 7.05 Å². The Morgan fingerprint density at radius 2 is 1.87 bits per heavy atom. The molecule has 0 radical (unpaired) electrons. The molecule has 11 heteroatoms. The first-order valence-corrected chi connectivity index (χ1v) is 12.7. The number of halogens is 2. The molecule has 1 atom stereocenters. The van der Waals surface area contributed by atoms with Crippen LogP contribution in [0.3, 0.4) is 0 Å². The molecule has 0 aliphatic rings. The summed E-state index contributed by atoms with van der Waals surface area (Å²) in [5, 5.41) is 13.9. The largest absolute Gasteiger partial charge is 0.495 e. The molecule has 5 rings (SSSR count). The van der Waals surface area contributed by atoms with Crippen LogP contribution in [0.25, 0.3) is 27.7 Å². The smallest absolute Gasteiger partial charge is 0.252 e. The summed E-state index contributed by atoms with van der Waals surface area (Å²) in [4.78, 5) is 26.8. The number of methoxy groups -OCH3 is 1. The lowest BCUT2D eigenvalue weighted by molar-refractivity contribution is -0.121. The predicted molar refractivity (Wildman–Crippen MR) is 146 cm³/mol. The van der Waals surface area contributed by atoms with Crippen molar-refractivity contribution in [1.29, 1.82) is 0 Å². The standard InChI is InChI=1S/C27H24Cl2N6O3/c1-4-22(24(36)10-16-5-7-21-17(9-16)13-33(2)31-21)34-14-25(38-3)20(12-27(34)37)19-11-18(28)6-8-23(19)35-15-26(29)30-32-35/h5-9,11-15,22H,4,10H2,1-3H3. The van der Waals surface area contributed by atoms with Gasteiger partial charge in [-0.2, -0.15) is 5.10 Å². The van der Waals surface area contributed by atoms with Crippen LogP contribution in [-0.4, -0.2) is 42.2 Å². The zero-order valence-electron chi connectivity index (χ0n) is 20.9. The van der Waals surface area contributed by atoms with Gasteiger partial charge in [0.15, 0.2) is 10.9 Å². The Labute approximate surface area is 228 Å². The minimum absolute atomic E-state index is 0.0756. The number of carbonyl (C=O) groups excluding carboxylic acids is 1. The Balaban J connectivity index is 1.52. The normalized spacial score (nSPS) is 12.1. The highest BCUT2D eigenvalue weighted by atomic mass is 35.5. The maximum Gasteiger partial charge on any atom is 0.252 e. The fraction of sp³-hybridized carbons (Fsp3) is 0.222. The molecular formula is C27H24Cl2N6O3. The summed E-state index contributed by atoms with van der Waals surface area (Å²) in [6, 6.07) is 11.7. The molecule has 0 N–H and O–H groups in total. The Morgan fingerprint density at radius 1 is 1.05 bits per heavy atom. The summed E-state index contributed by atoms with van der Waals surface area (Å²) in [7, 11) is 3.37. The molecule has 0 bridgehead atoms. The number of carbonyl (C=O) groups is 1. The first-order chi connectivity index (χ1) is 18.3.